The topological polar surface area (TPSA) is 148 Å². The van der Waals surface area contributed by atoms with E-state index >= 15 is 8.78 Å². The molecule has 3 saturated heterocycles. The summed E-state index contributed by atoms with van der Waals surface area (Å²) in [6.45, 7) is 8.35. The zero-order valence-corrected chi connectivity index (χ0v) is 34.1. The number of aromatic nitrogens is 2. The lowest BCUT2D eigenvalue weighted by molar-refractivity contribution is -0.136. The fourth-order valence-electron chi connectivity index (χ4n) is 9.97. The van der Waals surface area contributed by atoms with Gasteiger partial charge in [-0.25, -0.2) is 13.8 Å². The molecule has 1 aromatic heterocycles. The van der Waals surface area contributed by atoms with E-state index in [0.29, 0.717) is 38.5 Å². The molecule has 3 N–H and O–H groups in total. The van der Waals surface area contributed by atoms with E-state index < -0.39 is 35.4 Å². The molecule has 0 bridgehead atoms. The summed E-state index contributed by atoms with van der Waals surface area (Å²) < 4.78 is 44.2. The number of ether oxygens (including phenoxy) is 2. The maximum Gasteiger partial charge on any atom is 0.255 e. The lowest BCUT2D eigenvalue weighted by Crippen LogP contribution is -2.52. The van der Waals surface area contributed by atoms with Gasteiger partial charge in [-0.05, 0) is 94.9 Å². The fourth-order valence-corrected chi connectivity index (χ4v) is 9.97. The van der Waals surface area contributed by atoms with E-state index in [9.17, 15) is 14.4 Å². The van der Waals surface area contributed by atoms with Gasteiger partial charge in [0, 0.05) is 69.3 Å². The molecule has 5 fully saturated rings. The van der Waals surface area contributed by atoms with Crippen LogP contribution in [0.1, 0.15) is 92.7 Å². The molecule has 6 heterocycles. The monoisotopic (exact) mass is 825 g/mol. The Bertz CT molecular complexity index is 2250. The molecule has 1 atom stereocenters. The maximum absolute atomic E-state index is 16.0. The highest BCUT2D eigenvalue weighted by Crippen LogP contribution is 2.41. The van der Waals surface area contributed by atoms with E-state index in [4.69, 9.17) is 14.5 Å². The predicted octanol–water partition coefficient (Wildman–Crippen LogP) is 4.70. The molecule has 3 amide bonds. The molecule has 7 aliphatic rings. The first-order chi connectivity index (χ1) is 29.1. The van der Waals surface area contributed by atoms with Crippen molar-refractivity contribution in [3.63, 3.8) is 0 Å². The van der Waals surface area contributed by atoms with Gasteiger partial charge in [-0.1, -0.05) is 0 Å². The summed E-state index contributed by atoms with van der Waals surface area (Å²) in [7, 11) is 0. The number of piperazine rings is 1. The van der Waals surface area contributed by atoms with Crippen molar-refractivity contribution in [3.8, 4) is 5.75 Å². The van der Waals surface area contributed by atoms with Crippen LogP contribution in [-0.4, -0.2) is 125 Å². The Morgan fingerprint density at radius 1 is 0.900 bits per heavy atom. The van der Waals surface area contributed by atoms with Gasteiger partial charge in [0.2, 0.25) is 11.8 Å². The van der Waals surface area contributed by atoms with Gasteiger partial charge >= 0.3 is 0 Å². The number of hydrogen-bond acceptors (Lipinski definition) is 11. The molecule has 1 unspecified atom stereocenters. The number of piperidine rings is 2. The number of amides is 3. The van der Waals surface area contributed by atoms with Gasteiger partial charge in [0.15, 0.2) is 5.82 Å². The second-order valence-corrected chi connectivity index (χ2v) is 17.9. The molecule has 0 radical (unpaired) electrons. The smallest absolute Gasteiger partial charge is 0.255 e. The molecule has 318 valence electrons. The number of aliphatic imine (C=N–C) groups is 1. The number of aromatic amines is 1. The summed E-state index contributed by atoms with van der Waals surface area (Å²) in [6, 6.07) is 6.35. The molecule has 10 rings (SSSR count). The Morgan fingerprint density at radius 2 is 1.67 bits per heavy atom. The highest BCUT2D eigenvalue weighted by Gasteiger charge is 2.43. The highest BCUT2D eigenvalue weighted by molar-refractivity contribution is 6.06. The number of amidine groups is 1. The lowest BCUT2D eigenvalue weighted by Gasteiger charge is -2.40. The van der Waals surface area contributed by atoms with E-state index in [1.807, 2.05) is 12.1 Å². The second kappa shape index (κ2) is 15.7. The van der Waals surface area contributed by atoms with E-state index in [1.54, 1.807) is 4.90 Å². The summed E-state index contributed by atoms with van der Waals surface area (Å²) >= 11 is 0. The minimum absolute atomic E-state index is 0.0302. The van der Waals surface area contributed by atoms with Crippen LogP contribution in [0.4, 0.5) is 14.5 Å². The number of fused-ring (bicyclic) bond motifs is 2. The van der Waals surface area contributed by atoms with Gasteiger partial charge < -0.3 is 29.5 Å². The van der Waals surface area contributed by atoms with Crippen LogP contribution >= 0.6 is 0 Å². The lowest BCUT2D eigenvalue weighted by atomic mass is 9.86. The molecule has 2 saturated carbocycles. The largest absolute Gasteiger partial charge is 0.488 e. The van der Waals surface area contributed by atoms with Gasteiger partial charge in [0.25, 0.3) is 5.91 Å². The first kappa shape index (κ1) is 39.1. The normalized spacial score (nSPS) is 26.1. The Hall–Kier alpha value is -5.09. The minimum Gasteiger partial charge on any atom is -0.488 e. The van der Waals surface area contributed by atoms with Gasteiger partial charge in [-0.15, -0.1) is 0 Å². The zero-order chi connectivity index (χ0) is 41.1. The van der Waals surface area contributed by atoms with Gasteiger partial charge in [0.05, 0.1) is 35.5 Å². The number of carbonyl (C=O) groups excluding carboxylic acids is 3. The quantitative estimate of drug-likeness (QED) is 0.260. The number of H-pyrrole nitrogens is 1. The van der Waals surface area contributed by atoms with E-state index in [1.165, 1.54) is 4.90 Å². The van der Waals surface area contributed by atoms with Gasteiger partial charge in [0.1, 0.15) is 47.1 Å². The maximum atomic E-state index is 16.0. The Kier molecular flexibility index (Phi) is 10.3. The molecule has 14 nitrogen and oxygen atoms in total. The third kappa shape index (κ3) is 7.72. The summed E-state index contributed by atoms with van der Waals surface area (Å²) in [5.41, 5.74) is 2.71. The number of rotatable bonds is 9. The molecular weight excluding hydrogens is 773 g/mol. The van der Waals surface area contributed by atoms with Crippen LogP contribution in [0.5, 0.6) is 5.75 Å². The van der Waals surface area contributed by atoms with Crippen LogP contribution in [0, 0.1) is 17.6 Å². The number of anilines is 1. The standard InChI is InChI=1S/C44H53F2N9O5/c1-44(12-13-44)60-29-6-7-34-31(20-29)40(51-50-34)35-22-37(48-25-47-35)53-18-16-52(17-19-53)23-26-2-4-27(5-3-26)59-28-10-14-54(15-11-28)41-33(45)21-30-32(39(41)46)24-55(43(30)58)36-8-9-38(56)49-42(36)57/h6-7,20-22,26-28,36,47H,2-5,8-19,23-25H2,1H3,(H,50,51)(H,49,56,57). The summed E-state index contributed by atoms with van der Waals surface area (Å²) in [4.78, 5) is 49.9. The Morgan fingerprint density at radius 3 is 2.42 bits per heavy atom. The van der Waals surface area contributed by atoms with Gasteiger partial charge in [-0.2, -0.15) is 5.10 Å². The van der Waals surface area contributed by atoms with Crippen molar-refractivity contribution in [1.29, 1.82) is 0 Å². The zero-order valence-electron chi connectivity index (χ0n) is 34.1. The van der Waals surface area contributed by atoms with Crippen LogP contribution in [0.2, 0.25) is 0 Å². The molecule has 16 heteroatoms. The number of halogens is 2. The molecule has 3 aromatic rings. The van der Waals surface area contributed by atoms with Crippen molar-refractivity contribution < 1.29 is 32.6 Å². The summed E-state index contributed by atoms with van der Waals surface area (Å²) in [5.74, 6) is -0.600. The average Bonchev–Trinajstić information content (AvgIpc) is 3.67. The number of nitrogens with zero attached hydrogens (tertiary/aromatic N) is 6. The van der Waals surface area contributed by atoms with Crippen molar-refractivity contribution in [1.82, 2.24) is 35.5 Å². The van der Waals surface area contributed by atoms with E-state index in [2.05, 4.69) is 49.7 Å². The molecular formula is C44H53F2N9O5. The minimum atomic E-state index is -0.887. The highest BCUT2D eigenvalue weighted by atomic mass is 19.1. The fraction of sp³-hybridized carbons (Fsp3) is 0.568. The molecule has 2 aromatic carbocycles. The molecule has 60 heavy (non-hydrogen) atoms. The number of nitrogens with one attached hydrogen (secondary N) is 3. The van der Waals surface area contributed by atoms with Crippen LogP contribution in [-0.2, 0) is 20.9 Å². The summed E-state index contributed by atoms with van der Waals surface area (Å²) in [6.07, 6.45) is 10.4. The van der Waals surface area contributed by atoms with Crippen molar-refractivity contribution in [2.75, 3.05) is 57.4 Å². The number of carbonyl (C=O) groups is 3. The molecule has 5 aliphatic heterocycles. The van der Waals surface area contributed by atoms with E-state index in [-0.39, 0.29) is 54.0 Å². The average molecular weight is 826 g/mol. The molecule has 0 spiro atoms. The van der Waals surface area contributed by atoms with Crippen LogP contribution in [0.25, 0.3) is 16.6 Å². The third-order valence-corrected chi connectivity index (χ3v) is 13.7. The van der Waals surface area contributed by atoms with Gasteiger partial charge in [-0.3, -0.25) is 29.7 Å². The first-order valence-electron chi connectivity index (χ1n) is 21.8. The summed E-state index contributed by atoms with van der Waals surface area (Å²) in [5, 5.41) is 14.6. The Balaban J connectivity index is 0.670. The first-order valence-corrected chi connectivity index (χ1v) is 21.8. The third-order valence-electron chi connectivity index (χ3n) is 13.7. The van der Waals surface area contributed by atoms with E-state index in [0.717, 1.165) is 111 Å². The number of imide groups is 1. The van der Waals surface area contributed by atoms with Crippen LogP contribution in [0.15, 0.2) is 35.3 Å². The number of benzene rings is 2. The predicted molar refractivity (Wildman–Crippen MR) is 220 cm³/mol. The number of hydrogen-bond donors (Lipinski definition) is 3. The molecule has 2 aliphatic carbocycles. The van der Waals surface area contributed by atoms with Crippen LogP contribution in [0.3, 0.4) is 0 Å². The second-order valence-electron chi connectivity index (χ2n) is 17.9. The van der Waals surface area contributed by atoms with Crippen molar-refractivity contribution >= 4 is 45.8 Å². The van der Waals surface area contributed by atoms with Crippen molar-refractivity contribution in [3.05, 3.63) is 58.8 Å². The Labute approximate surface area is 347 Å². The SMILES string of the molecule is CC1(Oc2ccc3[nH]nc(C4=CC(N5CCN(CC6CCC(OC7CCN(c8c(F)cc9c(c8F)CN(C8CCC(=O)NC8=O)C9=O)CC7)CC6)CC5)=NCN4)c3c2)CC1. The van der Waals surface area contributed by atoms with Crippen molar-refractivity contribution in [2.24, 2.45) is 10.9 Å². The van der Waals surface area contributed by atoms with Crippen LogP contribution < -0.4 is 20.3 Å². The van der Waals surface area contributed by atoms with Crippen molar-refractivity contribution in [2.45, 2.75) is 102 Å².